The molecule has 0 saturated carbocycles. The maximum absolute atomic E-state index is 10.4. The second-order valence-corrected chi connectivity index (χ2v) is 6.85. The van der Waals surface area contributed by atoms with E-state index in [2.05, 4.69) is 0 Å². The topological polar surface area (TPSA) is 177 Å². The average molecular weight is 398 g/mol. The third kappa shape index (κ3) is 3.61. The van der Waals surface area contributed by atoms with Gasteiger partial charge in [0.1, 0.15) is 49.3 Å². The van der Waals surface area contributed by atoms with Crippen LogP contribution < -0.4 is 0 Å². The molecule has 0 aromatic carbocycles. The molecule has 6 N–H and O–H groups in total. The second kappa shape index (κ2) is 7.74. The van der Waals surface area contributed by atoms with Crippen molar-refractivity contribution in [2.75, 3.05) is 26.9 Å². The van der Waals surface area contributed by atoms with E-state index in [1.54, 1.807) is 0 Å². The molecule has 3 rings (SSSR count). The van der Waals surface area contributed by atoms with Crippen LogP contribution in [0.1, 0.15) is 6.92 Å². The van der Waals surface area contributed by atoms with Gasteiger partial charge in [-0.05, 0) is 0 Å². The van der Waals surface area contributed by atoms with E-state index >= 15 is 0 Å². The van der Waals surface area contributed by atoms with Crippen LogP contribution in [-0.2, 0) is 28.4 Å². The second-order valence-electron chi connectivity index (χ2n) is 6.85. The Labute approximate surface area is 154 Å². The van der Waals surface area contributed by atoms with Crippen molar-refractivity contribution >= 4 is 0 Å². The van der Waals surface area contributed by atoms with Gasteiger partial charge in [-0.2, -0.15) is 0 Å². The zero-order valence-corrected chi connectivity index (χ0v) is 14.9. The number of aliphatic hydroxyl groups excluding tert-OH is 6. The minimum atomic E-state index is -2.16. The van der Waals surface area contributed by atoms with Crippen molar-refractivity contribution in [3.63, 3.8) is 0 Å². The zero-order valence-electron chi connectivity index (χ0n) is 14.9. The molecule has 0 amide bonds. The monoisotopic (exact) mass is 398 g/mol. The lowest BCUT2D eigenvalue weighted by atomic mass is 9.97. The SMILES string of the molecule is COC1(C)OC[C@H]2O[C@H](O[C@]3(CO)O[C@H](CO)[C@@H](O)[C@@H]3O)[C@H](O)[C@@H](O)[C@@H]2O1. The molecular weight excluding hydrogens is 372 g/mol. The Balaban J connectivity index is 1.75. The van der Waals surface area contributed by atoms with E-state index in [0.29, 0.717) is 0 Å². The molecule has 0 spiro atoms. The summed E-state index contributed by atoms with van der Waals surface area (Å²) in [5, 5.41) is 59.8. The zero-order chi connectivity index (χ0) is 20.0. The van der Waals surface area contributed by atoms with Gasteiger partial charge in [0, 0.05) is 14.0 Å². The molecule has 12 heteroatoms. The summed E-state index contributed by atoms with van der Waals surface area (Å²) in [4.78, 5) is 0. The predicted octanol–water partition coefficient (Wildman–Crippen LogP) is -4.01. The Hall–Kier alpha value is -0.480. The molecule has 1 unspecified atom stereocenters. The van der Waals surface area contributed by atoms with Crippen LogP contribution in [0.3, 0.4) is 0 Å². The third-order valence-electron chi connectivity index (χ3n) is 5.09. The fraction of sp³-hybridized carbons (Fsp3) is 1.00. The van der Waals surface area contributed by atoms with Gasteiger partial charge in [-0.1, -0.05) is 0 Å². The number of aliphatic hydroxyl groups is 6. The Bertz CT molecular complexity index is 519. The van der Waals surface area contributed by atoms with Crippen molar-refractivity contribution in [1.82, 2.24) is 0 Å². The van der Waals surface area contributed by atoms with E-state index in [1.165, 1.54) is 14.0 Å². The minimum absolute atomic E-state index is 0.0595. The molecule has 0 aromatic heterocycles. The van der Waals surface area contributed by atoms with Crippen LogP contribution in [0.4, 0.5) is 0 Å². The van der Waals surface area contributed by atoms with Crippen LogP contribution in [0, 0.1) is 0 Å². The van der Waals surface area contributed by atoms with Crippen LogP contribution in [0.5, 0.6) is 0 Å². The lowest BCUT2D eigenvalue weighted by Gasteiger charge is -2.49. The average Bonchev–Trinajstić information content (AvgIpc) is 2.91. The van der Waals surface area contributed by atoms with Crippen LogP contribution in [0.15, 0.2) is 0 Å². The summed E-state index contributed by atoms with van der Waals surface area (Å²) < 4.78 is 32.3. The van der Waals surface area contributed by atoms with E-state index in [4.69, 9.17) is 28.4 Å². The molecule has 0 aromatic rings. The highest BCUT2D eigenvalue weighted by atomic mass is 16.9. The molecule has 27 heavy (non-hydrogen) atoms. The lowest BCUT2D eigenvalue weighted by molar-refractivity contribution is -0.459. The van der Waals surface area contributed by atoms with E-state index in [-0.39, 0.29) is 6.61 Å². The molecule has 0 aliphatic carbocycles. The summed E-state index contributed by atoms with van der Waals surface area (Å²) in [7, 11) is 1.35. The summed E-state index contributed by atoms with van der Waals surface area (Å²) in [5.41, 5.74) is 0. The first-order valence-electron chi connectivity index (χ1n) is 8.52. The van der Waals surface area contributed by atoms with Crippen molar-refractivity contribution in [1.29, 1.82) is 0 Å². The third-order valence-corrected chi connectivity index (χ3v) is 5.09. The molecule has 12 nitrogen and oxygen atoms in total. The van der Waals surface area contributed by atoms with Gasteiger partial charge in [0.25, 0.3) is 5.97 Å². The van der Waals surface area contributed by atoms with Crippen LogP contribution in [0.2, 0.25) is 0 Å². The molecular formula is C15H26O12. The number of hydrogen-bond donors (Lipinski definition) is 6. The Morgan fingerprint density at radius 2 is 1.74 bits per heavy atom. The van der Waals surface area contributed by atoms with Gasteiger partial charge in [0.05, 0.1) is 13.2 Å². The molecule has 3 heterocycles. The fourth-order valence-electron chi connectivity index (χ4n) is 3.37. The fourth-order valence-corrected chi connectivity index (χ4v) is 3.37. The maximum Gasteiger partial charge on any atom is 0.280 e. The van der Waals surface area contributed by atoms with E-state index in [9.17, 15) is 30.6 Å². The lowest BCUT2D eigenvalue weighted by Crippen LogP contribution is -2.67. The predicted molar refractivity (Wildman–Crippen MR) is 81.8 cm³/mol. The first-order valence-corrected chi connectivity index (χ1v) is 8.52. The number of methoxy groups -OCH3 is 1. The first-order chi connectivity index (χ1) is 12.7. The van der Waals surface area contributed by atoms with Gasteiger partial charge in [-0.15, -0.1) is 0 Å². The highest BCUT2D eigenvalue weighted by molar-refractivity contribution is 4.99. The molecule has 10 atom stereocenters. The Morgan fingerprint density at radius 3 is 2.30 bits per heavy atom. The molecule has 3 fully saturated rings. The first kappa shape index (κ1) is 21.2. The van der Waals surface area contributed by atoms with Crippen LogP contribution in [0.25, 0.3) is 0 Å². The molecule has 3 aliphatic heterocycles. The van der Waals surface area contributed by atoms with Crippen molar-refractivity contribution < 1.29 is 59.1 Å². The van der Waals surface area contributed by atoms with Crippen LogP contribution in [-0.4, -0.2) is 118 Å². The van der Waals surface area contributed by atoms with E-state index in [0.717, 1.165) is 0 Å². The normalized spacial score (nSPS) is 53.3. The summed E-state index contributed by atoms with van der Waals surface area (Å²) in [6.07, 6.45) is -11.0. The highest BCUT2D eigenvalue weighted by Gasteiger charge is 2.59. The summed E-state index contributed by atoms with van der Waals surface area (Å²) >= 11 is 0. The minimum Gasteiger partial charge on any atom is -0.394 e. The quantitative estimate of drug-likeness (QED) is 0.265. The molecule has 3 aliphatic rings. The number of ether oxygens (including phenoxy) is 6. The molecule has 0 bridgehead atoms. The van der Waals surface area contributed by atoms with Crippen LogP contribution >= 0.6 is 0 Å². The van der Waals surface area contributed by atoms with Crippen molar-refractivity contribution in [2.24, 2.45) is 0 Å². The Kier molecular flexibility index (Phi) is 6.09. The number of fused-ring (bicyclic) bond motifs is 1. The number of hydrogen-bond acceptors (Lipinski definition) is 12. The van der Waals surface area contributed by atoms with Gasteiger partial charge >= 0.3 is 0 Å². The molecule has 3 saturated heterocycles. The van der Waals surface area contributed by atoms with Crippen molar-refractivity contribution in [3.05, 3.63) is 0 Å². The van der Waals surface area contributed by atoms with E-state index < -0.39 is 74.0 Å². The van der Waals surface area contributed by atoms with Gasteiger partial charge < -0.3 is 59.1 Å². The molecule has 158 valence electrons. The molecule has 0 radical (unpaired) electrons. The summed E-state index contributed by atoms with van der Waals surface area (Å²) in [6.45, 7) is -0.115. The van der Waals surface area contributed by atoms with Gasteiger partial charge in [-0.3, -0.25) is 0 Å². The summed E-state index contributed by atoms with van der Waals surface area (Å²) in [6, 6.07) is 0. The largest absolute Gasteiger partial charge is 0.394 e. The van der Waals surface area contributed by atoms with Gasteiger partial charge in [0.2, 0.25) is 5.79 Å². The Morgan fingerprint density at radius 1 is 1.04 bits per heavy atom. The smallest absolute Gasteiger partial charge is 0.280 e. The van der Waals surface area contributed by atoms with Crippen molar-refractivity contribution in [2.45, 2.75) is 67.7 Å². The standard InChI is InChI=1S/C15H26O12/c1-14(22-2)23-4-7-11(26-14)9(19)10(20)13(24-7)27-15(5-17)12(21)8(18)6(3-16)25-15/h6-13,16-21H,3-5H2,1-2H3/t6-,7-,8-,9-,10-,11-,12+,13-,14?,15+/m1/s1. The van der Waals surface area contributed by atoms with Gasteiger partial charge in [-0.25, -0.2) is 0 Å². The van der Waals surface area contributed by atoms with E-state index in [1.807, 2.05) is 0 Å². The van der Waals surface area contributed by atoms with Crippen molar-refractivity contribution in [3.8, 4) is 0 Å². The summed E-state index contributed by atoms with van der Waals surface area (Å²) in [5.74, 6) is -3.59. The maximum atomic E-state index is 10.4. The number of rotatable bonds is 5. The van der Waals surface area contributed by atoms with Gasteiger partial charge in [0.15, 0.2) is 6.29 Å². The highest BCUT2D eigenvalue weighted by Crippen LogP contribution is 2.38.